The van der Waals surface area contributed by atoms with Crippen molar-refractivity contribution in [2.24, 2.45) is 0 Å². The summed E-state index contributed by atoms with van der Waals surface area (Å²) in [5.74, 6) is 0. The maximum Gasteiger partial charge on any atom is 0.389 e. The molecular weight excluding hydrogens is 332 g/mol. The summed E-state index contributed by atoms with van der Waals surface area (Å²) in [7, 11) is 0. The van der Waals surface area contributed by atoms with Crippen molar-refractivity contribution in [3.05, 3.63) is 34.9 Å². The van der Waals surface area contributed by atoms with E-state index in [1.54, 1.807) is 24.3 Å². The summed E-state index contributed by atoms with van der Waals surface area (Å²) in [4.78, 5) is 0. The van der Waals surface area contributed by atoms with Crippen LogP contribution >= 0.6 is 27.5 Å². The first-order valence-electron chi connectivity index (χ1n) is 5.42. The van der Waals surface area contributed by atoms with Gasteiger partial charge in [-0.25, -0.2) is 0 Å². The van der Waals surface area contributed by atoms with E-state index in [0.29, 0.717) is 10.4 Å². The Hall–Kier alpha value is -0.260. The van der Waals surface area contributed by atoms with Gasteiger partial charge >= 0.3 is 6.18 Å². The second-order valence-electron chi connectivity index (χ2n) is 3.78. The molecule has 1 atom stereocenters. The monoisotopic (exact) mass is 344 g/mol. The minimum absolute atomic E-state index is 0.0272. The first kappa shape index (κ1) is 15.8. The van der Waals surface area contributed by atoms with E-state index < -0.39 is 12.6 Å². The van der Waals surface area contributed by atoms with Crippen LogP contribution in [0, 0.1) is 0 Å². The van der Waals surface area contributed by atoms with Crippen LogP contribution in [0.2, 0.25) is 5.02 Å². The highest BCUT2D eigenvalue weighted by Crippen LogP contribution is 2.24. The second-order valence-corrected chi connectivity index (χ2v) is 4.87. The summed E-state index contributed by atoms with van der Waals surface area (Å²) in [6.07, 6.45) is -5.22. The van der Waals surface area contributed by atoms with Gasteiger partial charge in [-0.05, 0) is 24.1 Å². The lowest BCUT2D eigenvalue weighted by Crippen LogP contribution is -2.11. The fourth-order valence-electron chi connectivity index (χ4n) is 1.41. The molecule has 1 nitrogen and oxygen atoms in total. The number of rotatable bonds is 6. The van der Waals surface area contributed by atoms with Gasteiger partial charge in [0, 0.05) is 23.4 Å². The van der Waals surface area contributed by atoms with Gasteiger partial charge in [0.05, 0.1) is 6.10 Å². The maximum atomic E-state index is 11.9. The molecule has 1 aromatic rings. The molecule has 102 valence electrons. The molecule has 0 bridgehead atoms. The Morgan fingerprint density at radius 3 is 2.33 bits per heavy atom. The van der Waals surface area contributed by atoms with Gasteiger partial charge in [-0.1, -0.05) is 39.7 Å². The number of halogens is 5. The Labute approximate surface area is 117 Å². The van der Waals surface area contributed by atoms with E-state index in [1.807, 2.05) is 0 Å². The highest BCUT2D eigenvalue weighted by atomic mass is 79.9. The molecule has 0 aliphatic rings. The van der Waals surface area contributed by atoms with Crippen LogP contribution in [-0.4, -0.2) is 18.1 Å². The zero-order chi connectivity index (χ0) is 13.6. The zero-order valence-electron chi connectivity index (χ0n) is 9.51. The molecule has 0 saturated heterocycles. The van der Waals surface area contributed by atoms with E-state index in [0.717, 1.165) is 5.56 Å². The van der Waals surface area contributed by atoms with Gasteiger partial charge in [0.1, 0.15) is 0 Å². The third-order valence-electron chi connectivity index (χ3n) is 2.31. The summed E-state index contributed by atoms with van der Waals surface area (Å²) in [5, 5.41) is 1.14. The van der Waals surface area contributed by atoms with Gasteiger partial charge in [-0.2, -0.15) is 13.2 Å². The van der Waals surface area contributed by atoms with Crippen molar-refractivity contribution in [2.45, 2.75) is 25.1 Å². The normalized spacial score (nSPS) is 13.6. The van der Waals surface area contributed by atoms with Crippen LogP contribution in [0.4, 0.5) is 13.2 Å². The lowest BCUT2D eigenvalue weighted by Gasteiger charge is -2.16. The zero-order valence-corrected chi connectivity index (χ0v) is 11.9. The van der Waals surface area contributed by atoms with E-state index in [2.05, 4.69) is 15.9 Å². The average Bonchev–Trinajstić information content (AvgIpc) is 2.29. The van der Waals surface area contributed by atoms with Gasteiger partial charge in [0.25, 0.3) is 0 Å². The lowest BCUT2D eigenvalue weighted by molar-refractivity contribution is -0.138. The van der Waals surface area contributed by atoms with Crippen LogP contribution in [0.5, 0.6) is 0 Å². The lowest BCUT2D eigenvalue weighted by atomic mass is 10.1. The number of hydrogen-bond acceptors (Lipinski definition) is 1. The van der Waals surface area contributed by atoms with Crippen LogP contribution in [0.15, 0.2) is 24.3 Å². The smallest absolute Gasteiger partial charge is 0.373 e. The Bertz CT molecular complexity index is 353. The SMILES string of the molecule is FC(F)(F)CCCOC(CBr)c1ccc(Cl)cc1. The van der Waals surface area contributed by atoms with Crippen LogP contribution in [-0.2, 0) is 4.74 Å². The molecule has 0 spiro atoms. The second kappa shape index (κ2) is 7.36. The molecule has 18 heavy (non-hydrogen) atoms. The Kier molecular flexibility index (Phi) is 6.46. The first-order valence-corrected chi connectivity index (χ1v) is 6.92. The average molecular weight is 346 g/mol. The van der Waals surface area contributed by atoms with Crippen LogP contribution < -0.4 is 0 Å². The Balaban J connectivity index is 2.40. The van der Waals surface area contributed by atoms with Gasteiger partial charge in [-0.3, -0.25) is 0 Å². The van der Waals surface area contributed by atoms with E-state index in [-0.39, 0.29) is 19.1 Å². The van der Waals surface area contributed by atoms with Crippen molar-refractivity contribution in [1.82, 2.24) is 0 Å². The molecular formula is C12H13BrClF3O. The van der Waals surface area contributed by atoms with Gasteiger partial charge in [0.2, 0.25) is 0 Å². The summed E-state index contributed by atoms with van der Waals surface area (Å²) < 4.78 is 41.3. The standard InChI is InChI=1S/C12H13BrClF3O/c13-8-11(9-2-4-10(14)5-3-9)18-7-1-6-12(15,16)17/h2-5,11H,1,6-8H2. The summed E-state index contributed by atoms with van der Waals surface area (Å²) in [6.45, 7) is 0.0817. The molecule has 1 unspecified atom stereocenters. The molecule has 0 radical (unpaired) electrons. The summed E-state index contributed by atoms with van der Waals surface area (Å²) in [6, 6.07) is 7.06. The van der Waals surface area contributed by atoms with Crippen molar-refractivity contribution in [1.29, 1.82) is 0 Å². The quantitative estimate of drug-likeness (QED) is 0.513. The molecule has 1 aromatic carbocycles. The van der Waals surface area contributed by atoms with Crippen molar-refractivity contribution in [3.63, 3.8) is 0 Å². The molecule has 0 aliphatic carbocycles. The highest BCUT2D eigenvalue weighted by Gasteiger charge is 2.26. The molecule has 0 aliphatic heterocycles. The third-order valence-corrected chi connectivity index (χ3v) is 3.15. The minimum atomic E-state index is -4.12. The topological polar surface area (TPSA) is 9.23 Å². The molecule has 0 fully saturated rings. The molecule has 0 amide bonds. The van der Waals surface area contributed by atoms with Crippen molar-refractivity contribution in [3.8, 4) is 0 Å². The molecule has 1 rings (SSSR count). The molecule has 0 saturated carbocycles. The van der Waals surface area contributed by atoms with E-state index in [1.165, 1.54) is 0 Å². The van der Waals surface area contributed by atoms with Crippen LogP contribution in [0.25, 0.3) is 0 Å². The number of alkyl halides is 4. The third kappa shape index (κ3) is 6.07. The Morgan fingerprint density at radius 1 is 1.22 bits per heavy atom. The largest absolute Gasteiger partial charge is 0.389 e. The van der Waals surface area contributed by atoms with Crippen molar-refractivity contribution in [2.75, 3.05) is 11.9 Å². The molecule has 0 aromatic heterocycles. The number of hydrogen-bond donors (Lipinski definition) is 0. The van der Waals surface area contributed by atoms with Crippen LogP contribution in [0.1, 0.15) is 24.5 Å². The molecule has 0 heterocycles. The van der Waals surface area contributed by atoms with E-state index in [9.17, 15) is 13.2 Å². The van der Waals surface area contributed by atoms with Crippen molar-refractivity contribution >= 4 is 27.5 Å². The van der Waals surface area contributed by atoms with Crippen molar-refractivity contribution < 1.29 is 17.9 Å². The Morgan fingerprint density at radius 2 is 1.83 bits per heavy atom. The van der Waals surface area contributed by atoms with E-state index >= 15 is 0 Å². The van der Waals surface area contributed by atoms with Gasteiger partial charge in [-0.15, -0.1) is 0 Å². The summed E-state index contributed by atoms with van der Waals surface area (Å²) in [5.41, 5.74) is 0.892. The number of benzene rings is 1. The van der Waals surface area contributed by atoms with Gasteiger partial charge < -0.3 is 4.74 Å². The van der Waals surface area contributed by atoms with E-state index in [4.69, 9.17) is 16.3 Å². The highest BCUT2D eigenvalue weighted by molar-refractivity contribution is 9.09. The maximum absolute atomic E-state index is 11.9. The first-order chi connectivity index (χ1) is 8.42. The molecule has 0 N–H and O–H groups in total. The fourth-order valence-corrected chi connectivity index (χ4v) is 2.09. The predicted molar refractivity (Wildman–Crippen MR) is 69.2 cm³/mol. The molecule has 6 heteroatoms. The predicted octanol–water partition coefficient (Wildman–Crippen LogP) is 5.14. The fraction of sp³-hybridized carbons (Fsp3) is 0.500. The number of ether oxygens (including phenoxy) is 1. The van der Waals surface area contributed by atoms with Gasteiger partial charge in [0.15, 0.2) is 0 Å². The minimum Gasteiger partial charge on any atom is -0.373 e. The van der Waals surface area contributed by atoms with Crippen LogP contribution in [0.3, 0.4) is 0 Å². The summed E-state index contributed by atoms with van der Waals surface area (Å²) >= 11 is 9.04.